The molecule has 0 aliphatic heterocycles. The minimum absolute atomic E-state index is 0.0970. The van der Waals surface area contributed by atoms with E-state index in [1.807, 2.05) is 4.57 Å². The van der Waals surface area contributed by atoms with Gasteiger partial charge < -0.3 is 14.2 Å². The second-order valence-electron chi connectivity index (χ2n) is 4.80. The van der Waals surface area contributed by atoms with Gasteiger partial charge in [-0.05, 0) is 12.8 Å². The molecule has 2 heterocycles. The summed E-state index contributed by atoms with van der Waals surface area (Å²) in [5.41, 5.74) is 0.528. The van der Waals surface area contributed by atoms with Crippen LogP contribution in [0.5, 0.6) is 0 Å². The van der Waals surface area contributed by atoms with Crippen molar-refractivity contribution in [2.24, 2.45) is 0 Å². The van der Waals surface area contributed by atoms with Gasteiger partial charge in [-0.1, -0.05) is 0 Å². The molecule has 1 aliphatic rings. The maximum atomic E-state index is 11.2. The molecule has 1 saturated carbocycles. The molecule has 0 saturated heterocycles. The zero-order chi connectivity index (χ0) is 14.3. The summed E-state index contributed by atoms with van der Waals surface area (Å²) in [5.74, 6) is -1.18. The third kappa shape index (κ3) is 2.15. The first-order valence-corrected chi connectivity index (χ1v) is 6.15. The Kier molecular flexibility index (Phi) is 2.78. The van der Waals surface area contributed by atoms with E-state index in [4.69, 9.17) is 5.11 Å². The molecular weight excluding hydrogens is 264 g/mol. The average Bonchev–Trinajstić information content (AvgIpc) is 2.97. The van der Waals surface area contributed by atoms with E-state index in [9.17, 15) is 14.9 Å². The number of carboxylic acid groups (broad SMARTS) is 1. The minimum Gasteiger partial charge on any atom is -0.477 e. The molecule has 8 heteroatoms. The highest BCUT2D eigenvalue weighted by Gasteiger charge is 2.26. The zero-order valence-corrected chi connectivity index (χ0v) is 10.5. The summed E-state index contributed by atoms with van der Waals surface area (Å²) in [6.07, 6.45) is 6.79. The Morgan fingerprint density at radius 2 is 2.30 bits per heavy atom. The lowest BCUT2D eigenvalue weighted by Gasteiger charge is -2.08. The first-order valence-electron chi connectivity index (χ1n) is 6.15. The first kappa shape index (κ1) is 12.4. The van der Waals surface area contributed by atoms with E-state index in [-0.39, 0.29) is 17.9 Å². The van der Waals surface area contributed by atoms with Gasteiger partial charge in [0.2, 0.25) is 0 Å². The first-order chi connectivity index (χ1) is 9.56. The van der Waals surface area contributed by atoms with Crippen LogP contribution < -0.4 is 0 Å². The van der Waals surface area contributed by atoms with E-state index in [1.165, 1.54) is 10.8 Å². The number of aromatic carboxylic acids is 1. The van der Waals surface area contributed by atoms with Crippen molar-refractivity contribution >= 4 is 11.7 Å². The maximum Gasteiger partial charge on any atom is 0.352 e. The van der Waals surface area contributed by atoms with E-state index >= 15 is 0 Å². The van der Waals surface area contributed by atoms with Crippen LogP contribution in [-0.4, -0.2) is 30.1 Å². The van der Waals surface area contributed by atoms with Gasteiger partial charge in [0.05, 0.1) is 29.7 Å². The number of aromatic nitrogens is 3. The highest BCUT2D eigenvalue weighted by atomic mass is 16.6. The number of hydrogen-bond acceptors (Lipinski definition) is 4. The van der Waals surface area contributed by atoms with Crippen LogP contribution in [0.25, 0.3) is 0 Å². The Bertz CT molecular complexity index is 683. The molecule has 20 heavy (non-hydrogen) atoms. The van der Waals surface area contributed by atoms with Crippen molar-refractivity contribution in [2.75, 3.05) is 0 Å². The van der Waals surface area contributed by atoms with Crippen LogP contribution in [0.2, 0.25) is 0 Å². The van der Waals surface area contributed by atoms with Crippen molar-refractivity contribution in [3.05, 3.63) is 46.3 Å². The van der Waals surface area contributed by atoms with Crippen LogP contribution in [0, 0.1) is 10.1 Å². The van der Waals surface area contributed by atoms with Crippen molar-refractivity contribution < 1.29 is 14.8 Å². The Morgan fingerprint density at radius 1 is 1.55 bits per heavy atom. The van der Waals surface area contributed by atoms with Gasteiger partial charge in [0, 0.05) is 18.3 Å². The monoisotopic (exact) mass is 276 g/mol. The fourth-order valence-corrected chi connectivity index (χ4v) is 2.22. The summed E-state index contributed by atoms with van der Waals surface area (Å²) in [6, 6.07) is 1.49. The minimum atomic E-state index is -1.18. The van der Waals surface area contributed by atoms with Crippen molar-refractivity contribution in [3.8, 4) is 0 Å². The molecular formula is C12H12N4O4. The maximum absolute atomic E-state index is 11.2. The summed E-state index contributed by atoms with van der Waals surface area (Å²) in [6.45, 7) is 0.256. The van der Waals surface area contributed by atoms with E-state index in [2.05, 4.69) is 4.98 Å². The van der Waals surface area contributed by atoms with Crippen LogP contribution in [0.1, 0.15) is 35.1 Å². The molecule has 8 nitrogen and oxygen atoms in total. The Balaban J connectivity index is 1.94. The molecule has 1 aliphatic carbocycles. The van der Waals surface area contributed by atoms with Gasteiger partial charge in [-0.15, -0.1) is 0 Å². The summed E-state index contributed by atoms with van der Waals surface area (Å²) in [5, 5.41) is 19.9. The molecule has 0 spiro atoms. The van der Waals surface area contributed by atoms with Crippen LogP contribution in [0.4, 0.5) is 5.69 Å². The molecule has 0 radical (unpaired) electrons. The smallest absolute Gasteiger partial charge is 0.352 e. The van der Waals surface area contributed by atoms with Gasteiger partial charge in [0.25, 0.3) is 5.69 Å². The number of imidazole rings is 1. The van der Waals surface area contributed by atoms with Crippen molar-refractivity contribution in [1.82, 2.24) is 14.1 Å². The van der Waals surface area contributed by atoms with Crippen LogP contribution in [-0.2, 0) is 6.54 Å². The predicted molar refractivity (Wildman–Crippen MR) is 67.6 cm³/mol. The Hall–Kier alpha value is -2.64. The van der Waals surface area contributed by atoms with E-state index in [0.29, 0.717) is 6.04 Å². The zero-order valence-electron chi connectivity index (χ0n) is 10.5. The summed E-state index contributed by atoms with van der Waals surface area (Å²) in [4.78, 5) is 25.4. The van der Waals surface area contributed by atoms with E-state index in [0.717, 1.165) is 24.6 Å². The van der Waals surface area contributed by atoms with Crippen LogP contribution in [0.15, 0.2) is 24.8 Å². The highest BCUT2D eigenvalue weighted by molar-refractivity contribution is 5.86. The number of carboxylic acids is 1. The number of hydrogen-bond donors (Lipinski definition) is 1. The third-order valence-electron chi connectivity index (χ3n) is 3.33. The molecule has 0 amide bonds. The van der Waals surface area contributed by atoms with Crippen molar-refractivity contribution in [1.29, 1.82) is 0 Å². The molecule has 0 aromatic carbocycles. The van der Waals surface area contributed by atoms with Gasteiger partial charge in [-0.25, -0.2) is 9.78 Å². The van der Waals surface area contributed by atoms with Gasteiger partial charge in [0.15, 0.2) is 0 Å². The largest absolute Gasteiger partial charge is 0.477 e. The molecule has 1 fully saturated rings. The van der Waals surface area contributed by atoms with Gasteiger partial charge >= 0.3 is 5.97 Å². The van der Waals surface area contributed by atoms with Crippen LogP contribution >= 0.6 is 0 Å². The number of nitrogens with zero attached hydrogens (tertiary/aromatic N) is 4. The van der Waals surface area contributed by atoms with Gasteiger partial charge in [0.1, 0.15) is 5.69 Å². The Labute approximate surface area is 113 Å². The molecule has 2 aromatic rings. The van der Waals surface area contributed by atoms with Crippen molar-refractivity contribution in [2.45, 2.75) is 25.4 Å². The quantitative estimate of drug-likeness (QED) is 0.661. The number of carbonyl (C=O) groups is 1. The molecule has 0 unspecified atom stereocenters. The highest BCUT2D eigenvalue weighted by Crippen LogP contribution is 2.35. The second-order valence-corrected chi connectivity index (χ2v) is 4.80. The summed E-state index contributed by atoms with van der Waals surface area (Å²) < 4.78 is 3.37. The Morgan fingerprint density at radius 3 is 2.90 bits per heavy atom. The SMILES string of the molecule is O=C(O)c1cc([N+](=O)[O-])cn1Cc1cncn1C1CC1. The topological polar surface area (TPSA) is 103 Å². The fourth-order valence-electron chi connectivity index (χ4n) is 2.22. The molecule has 0 bridgehead atoms. The molecule has 104 valence electrons. The number of rotatable bonds is 5. The lowest BCUT2D eigenvalue weighted by atomic mass is 10.4. The molecule has 1 N–H and O–H groups in total. The van der Waals surface area contributed by atoms with E-state index in [1.54, 1.807) is 12.5 Å². The van der Waals surface area contributed by atoms with Gasteiger partial charge in [-0.2, -0.15) is 0 Å². The molecule has 2 aromatic heterocycles. The average molecular weight is 276 g/mol. The fraction of sp³-hybridized carbons (Fsp3) is 0.333. The summed E-state index contributed by atoms with van der Waals surface area (Å²) in [7, 11) is 0. The van der Waals surface area contributed by atoms with Crippen molar-refractivity contribution in [3.63, 3.8) is 0 Å². The second kappa shape index (κ2) is 4.48. The standard InChI is InChI=1S/C12H12N4O4/c17-12(18)11-3-9(16(19)20)5-14(11)6-10-4-13-7-15(10)8-1-2-8/h3-5,7-8H,1-2,6H2,(H,17,18). The lowest BCUT2D eigenvalue weighted by molar-refractivity contribution is -0.384. The lowest BCUT2D eigenvalue weighted by Crippen LogP contribution is -2.11. The molecule has 0 atom stereocenters. The number of nitro groups is 1. The normalized spacial score (nSPS) is 14.4. The third-order valence-corrected chi connectivity index (χ3v) is 3.33. The summed E-state index contributed by atoms with van der Waals surface area (Å²) >= 11 is 0. The van der Waals surface area contributed by atoms with Crippen LogP contribution in [0.3, 0.4) is 0 Å². The van der Waals surface area contributed by atoms with E-state index < -0.39 is 10.9 Å². The molecule has 3 rings (SSSR count). The predicted octanol–water partition coefficient (Wildman–Crippen LogP) is 1.67. The van der Waals surface area contributed by atoms with Gasteiger partial charge in [-0.3, -0.25) is 10.1 Å².